The molecule has 0 saturated carbocycles. The molecular weight excluding hydrogens is 235 g/mol. The molecule has 1 atom stereocenters. The van der Waals surface area contributed by atoms with E-state index < -0.39 is 18.2 Å². The van der Waals surface area contributed by atoms with Crippen LogP contribution in [0.25, 0.3) is 0 Å². The number of rotatable bonds is 9. The third-order valence-electron chi connectivity index (χ3n) is 2.44. The van der Waals surface area contributed by atoms with Gasteiger partial charge in [0.1, 0.15) is 0 Å². The highest BCUT2D eigenvalue weighted by molar-refractivity contribution is 4.72. The quantitative estimate of drug-likeness (QED) is 0.623. The number of hydrogen-bond donors (Lipinski definition) is 2. The molecule has 0 aliphatic heterocycles. The van der Waals surface area contributed by atoms with Gasteiger partial charge in [0.2, 0.25) is 0 Å². The first-order valence-corrected chi connectivity index (χ1v) is 5.84. The summed E-state index contributed by atoms with van der Waals surface area (Å²) in [5.41, 5.74) is 4.49. The van der Waals surface area contributed by atoms with Crippen molar-refractivity contribution < 1.29 is 23.0 Å². The fourth-order valence-electron chi connectivity index (χ4n) is 1.29. The molecule has 0 bridgehead atoms. The molecule has 17 heavy (non-hydrogen) atoms. The molecule has 0 aromatic carbocycles. The van der Waals surface area contributed by atoms with E-state index in [2.05, 4.69) is 0 Å². The Hall–Kier alpha value is -0.330. The van der Waals surface area contributed by atoms with Crippen molar-refractivity contribution in [2.75, 3.05) is 19.8 Å². The van der Waals surface area contributed by atoms with E-state index >= 15 is 0 Å². The topological polar surface area (TPSA) is 55.5 Å². The van der Waals surface area contributed by atoms with Crippen molar-refractivity contribution in [1.82, 2.24) is 0 Å². The smallest absolute Gasteiger partial charge is 0.389 e. The van der Waals surface area contributed by atoms with Crippen molar-refractivity contribution in [1.29, 1.82) is 0 Å². The Kier molecular flexibility index (Phi) is 7.74. The Bertz CT molecular complexity index is 196. The van der Waals surface area contributed by atoms with E-state index in [0.717, 1.165) is 12.8 Å². The van der Waals surface area contributed by atoms with E-state index in [4.69, 9.17) is 10.5 Å². The van der Waals surface area contributed by atoms with Crippen molar-refractivity contribution in [3.8, 4) is 0 Å². The van der Waals surface area contributed by atoms with Gasteiger partial charge in [-0.25, -0.2) is 0 Å². The van der Waals surface area contributed by atoms with Gasteiger partial charge in [-0.05, 0) is 32.6 Å². The van der Waals surface area contributed by atoms with Crippen LogP contribution in [0.5, 0.6) is 0 Å². The van der Waals surface area contributed by atoms with Crippen molar-refractivity contribution in [2.24, 2.45) is 5.73 Å². The lowest BCUT2D eigenvalue weighted by Gasteiger charge is -2.20. The molecule has 0 heterocycles. The first-order valence-electron chi connectivity index (χ1n) is 5.84. The average Bonchev–Trinajstić information content (AvgIpc) is 2.20. The molecule has 6 heteroatoms. The maximum absolute atomic E-state index is 11.8. The van der Waals surface area contributed by atoms with Gasteiger partial charge in [0.05, 0.1) is 5.60 Å². The van der Waals surface area contributed by atoms with Gasteiger partial charge >= 0.3 is 6.18 Å². The Morgan fingerprint density at radius 3 is 2.18 bits per heavy atom. The number of aliphatic hydroxyl groups is 1. The Morgan fingerprint density at radius 1 is 1.06 bits per heavy atom. The molecule has 0 rings (SSSR count). The van der Waals surface area contributed by atoms with E-state index in [9.17, 15) is 18.3 Å². The molecule has 0 fully saturated rings. The van der Waals surface area contributed by atoms with Gasteiger partial charge in [0.25, 0.3) is 0 Å². The number of halogens is 3. The van der Waals surface area contributed by atoms with Gasteiger partial charge in [0, 0.05) is 26.2 Å². The summed E-state index contributed by atoms with van der Waals surface area (Å²) in [7, 11) is 0. The normalized spacial score (nSPS) is 15.9. The third kappa shape index (κ3) is 11.9. The highest BCUT2D eigenvalue weighted by atomic mass is 19.4. The average molecular weight is 257 g/mol. The summed E-state index contributed by atoms with van der Waals surface area (Å²) >= 11 is 0. The lowest BCUT2D eigenvalue weighted by Crippen LogP contribution is -2.33. The lowest BCUT2D eigenvalue weighted by molar-refractivity contribution is -0.137. The van der Waals surface area contributed by atoms with Crippen LogP contribution in [0.2, 0.25) is 0 Å². The van der Waals surface area contributed by atoms with E-state index in [1.165, 1.54) is 0 Å². The number of hydrogen-bond acceptors (Lipinski definition) is 3. The second-order valence-electron chi connectivity index (χ2n) is 4.49. The van der Waals surface area contributed by atoms with E-state index in [-0.39, 0.29) is 19.6 Å². The van der Waals surface area contributed by atoms with Crippen molar-refractivity contribution >= 4 is 0 Å². The third-order valence-corrected chi connectivity index (χ3v) is 2.44. The first-order chi connectivity index (χ1) is 7.77. The fourth-order valence-corrected chi connectivity index (χ4v) is 1.29. The molecule has 0 saturated heterocycles. The van der Waals surface area contributed by atoms with Crippen molar-refractivity contribution in [3.63, 3.8) is 0 Å². The summed E-state index contributed by atoms with van der Waals surface area (Å²) in [5, 5.41) is 9.56. The molecule has 0 aromatic rings. The largest absolute Gasteiger partial charge is 0.389 e. The molecule has 104 valence electrons. The predicted octanol–water partition coefficient (Wildman–Crippen LogP) is 2.23. The van der Waals surface area contributed by atoms with Crippen LogP contribution in [0.4, 0.5) is 13.2 Å². The van der Waals surface area contributed by atoms with Gasteiger partial charge in [-0.1, -0.05) is 0 Å². The predicted molar refractivity (Wildman–Crippen MR) is 59.6 cm³/mol. The molecule has 3 nitrogen and oxygen atoms in total. The van der Waals surface area contributed by atoms with Crippen LogP contribution < -0.4 is 5.73 Å². The summed E-state index contributed by atoms with van der Waals surface area (Å²) in [4.78, 5) is 0. The van der Waals surface area contributed by atoms with Crippen LogP contribution in [0.3, 0.4) is 0 Å². The minimum atomic E-state index is -4.09. The SMILES string of the molecule is CC(O)(CN)CCCCOCCCC(F)(F)F. The zero-order chi connectivity index (χ0) is 13.4. The lowest BCUT2D eigenvalue weighted by atomic mass is 10.00. The Morgan fingerprint density at radius 2 is 1.65 bits per heavy atom. The summed E-state index contributed by atoms with van der Waals surface area (Å²) < 4.78 is 40.3. The maximum Gasteiger partial charge on any atom is 0.389 e. The molecule has 0 aliphatic carbocycles. The maximum atomic E-state index is 11.8. The summed E-state index contributed by atoms with van der Waals surface area (Å²) in [5.74, 6) is 0. The number of unbranched alkanes of at least 4 members (excludes halogenated alkanes) is 1. The zero-order valence-electron chi connectivity index (χ0n) is 10.2. The molecule has 0 radical (unpaired) electrons. The molecule has 0 amide bonds. The van der Waals surface area contributed by atoms with Crippen LogP contribution in [-0.2, 0) is 4.74 Å². The van der Waals surface area contributed by atoms with E-state index in [0.29, 0.717) is 13.0 Å². The Labute approximate surface area is 100 Å². The van der Waals surface area contributed by atoms with Gasteiger partial charge in [-0.3, -0.25) is 0 Å². The fraction of sp³-hybridized carbons (Fsp3) is 1.00. The summed E-state index contributed by atoms with van der Waals surface area (Å²) in [6.45, 7) is 2.43. The standard InChI is InChI=1S/C11H22F3NO2/c1-10(16,9-15)5-2-3-7-17-8-4-6-11(12,13)14/h16H,2-9,15H2,1H3. The van der Waals surface area contributed by atoms with Gasteiger partial charge in [-0.15, -0.1) is 0 Å². The molecule has 0 spiro atoms. The molecular formula is C11H22F3NO2. The monoisotopic (exact) mass is 257 g/mol. The molecule has 0 aliphatic rings. The minimum Gasteiger partial charge on any atom is -0.389 e. The highest BCUT2D eigenvalue weighted by Crippen LogP contribution is 2.21. The second-order valence-corrected chi connectivity index (χ2v) is 4.49. The Balaban J connectivity index is 3.25. The van der Waals surface area contributed by atoms with Gasteiger partial charge < -0.3 is 15.6 Å². The van der Waals surface area contributed by atoms with E-state index in [1.54, 1.807) is 6.92 Å². The highest BCUT2D eigenvalue weighted by Gasteiger charge is 2.25. The molecule has 1 unspecified atom stereocenters. The van der Waals surface area contributed by atoms with Gasteiger partial charge in [-0.2, -0.15) is 13.2 Å². The zero-order valence-corrected chi connectivity index (χ0v) is 10.2. The van der Waals surface area contributed by atoms with Crippen LogP contribution in [0.1, 0.15) is 39.0 Å². The van der Waals surface area contributed by atoms with Crippen LogP contribution in [0.15, 0.2) is 0 Å². The van der Waals surface area contributed by atoms with E-state index in [1.807, 2.05) is 0 Å². The van der Waals surface area contributed by atoms with Crippen LogP contribution in [-0.4, -0.2) is 36.6 Å². The minimum absolute atomic E-state index is 0.00398. The summed E-state index contributed by atoms with van der Waals surface area (Å²) in [6.07, 6.45) is -2.83. The first kappa shape index (κ1) is 16.7. The van der Waals surface area contributed by atoms with Crippen LogP contribution in [0, 0.1) is 0 Å². The number of nitrogens with two attached hydrogens (primary N) is 1. The number of ether oxygens (including phenoxy) is 1. The molecule has 3 N–H and O–H groups in total. The second kappa shape index (κ2) is 7.89. The van der Waals surface area contributed by atoms with Crippen molar-refractivity contribution in [2.45, 2.75) is 50.8 Å². The summed E-state index contributed by atoms with van der Waals surface area (Å²) in [6, 6.07) is 0. The number of alkyl halides is 3. The van der Waals surface area contributed by atoms with Crippen LogP contribution >= 0.6 is 0 Å². The van der Waals surface area contributed by atoms with Crippen molar-refractivity contribution in [3.05, 3.63) is 0 Å². The van der Waals surface area contributed by atoms with Gasteiger partial charge in [0.15, 0.2) is 0 Å². The molecule has 0 aromatic heterocycles.